The predicted octanol–water partition coefficient (Wildman–Crippen LogP) is 3.81. The normalized spacial score (nSPS) is 16.1. The number of para-hydroxylation sites is 2. The summed E-state index contributed by atoms with van der Waals surface area (Å²) in [5, 5.41) is 3.68. The molecule has 0 spiro atoms. The largest absolute Gasteiger partial charge is 0.481 e. The number of anilines is 2. The molecule has 1 unspecified atom stereocenters. The number of nitrogens with one attached hydrogen (secondary N) is 1. The molecule has 5 nitrogen and oxygen atoms in total. The Bertz CT molecular complexity index is 804. The maximum Gasteiger partial charge on any atom is 0.265 e. The quantitative estimate of drug-likeness (QED) is 0.847. The molecule has 1 heterocycles. The second-order valence-corrected chi connectivity index (χ2v) is 7.40. The number of aryl methyl sites for hydroxylation is 1. The molecule has 3 rings (SSSR count). The molecule has 2 aromatic rings. The van der Waals surface area contributed by atoms with Crippen molar-refractivity contribution < 1.29 is 9.53 Å². The van der Waals surface area contributed by atoms with Gasteiger partial charge in [0.25, 0.3) is 5.91 Å². The fraction of sp³-hybridized carbons (Fsp3) is 0.381. The molecule has 0 radical (unpaired) electrons. The number of piperazine rings is 1. The minimum absolute atomic E-state index is 0.175. The molecule has 1 fully saturated rings. The predicted molar refractivity (Wildman–Crippen MR) is 111 cm³/mol. The van der Waals surface area contributed by atoms with Crippen LogP contribution in [-0.2, 0) is 4.79 Å². The van der Waals surface area contributed by atoms with E-state index < -0.39 is 6.10 Å². The summed E-state index contributed by atoms with van der Waals surface area (Å²) >= 11 is 5.98. The van der Waals surface area contributed by atoms with E-state index in [1.54, 1.807) is 19.1 Å². The minimum Gasteiger partial charge on any atom is -0.481 e. The molecule has 0 aromatic heterocycles. The maximum atomic E-state index is 12.7. The zero-order valence-corrected chi connectivity index (χ0v) is 16.8. The maximum absolute atomic E-state index is 12.7. The summed E-state index contributed by atoms with van der Waals surface area (Å²) < 4.78 is 5.84. The molecule has 2 aromatic carbocycles. The van der Waals surface area contributed by atoms with Crippen molar-refractivity contribution in [3.63, 3.8) is 0 Å². The van der Waals surface area contributed by atoms with Crippen LogP contribution in [0.2, 0.25) is 5.02 Å². The van der Waals surface area contributed by atoms with Gasteiger partial charge in [-0.2, -0.15) is 0 Å². The van der Waals surface area contributed by atoms with Crippen molar-refractivity contribution in [2.45, 2.75) is 20.0 Å². The lowest BCUT2D eigenvalue weighted by Gasteiger charge is -2.35. The van der Waals surface area contributed by atoms with Gasteiger partial charge in [0.15, 0.2) is 6.10 Å². The van der Waals surface area contributed by atoms with E-state index in [2.05, 4.69) is 28.2 Å². The molecule has 1 aliphatic rings. The smallest absolute Gasteiger partial charge is 0.265 e. The van der Waals surface area contributed by atoms with Crippen molar-refractivity contribution in [1.29, 1.82) is 0 Å². The number of nitrogens with zero attached hydrogens (tertiary/aromatic N) is 2. The fourth-order valence-corrected chi connectivity index (χ4v) is 3.35. The Morgan fingerprint density at radius 1 is 1.15 bits per heavy atom. The summed E-state index contributed by atoms with van der Waals surface area (Å²) in [5.41, 5.74) is 2.77. The number of ether oxygens (including phenoxy) is 1. The van der Waals surface area contributed by atoms with Crippen LogP contribution in [0, 0.1) is 6.92 Å². The Morgan fingerprint density at radius 2 is 1.85 bits per heavy atom. The average molecular weight is 388 g/mol. The number of hydrogen-bond donors (Lipinski definition) is 1. The van der Waals surface area contributed by atoms with Gasteiger partial charge in [-0.05, 0) is 56.8 Å². The Balaban J connectivity index is 1.68. The molecule has 1 aliphatic heterocycles. The zero-order chi connectivity index (χ0) is 19.4. The molecule has 1 amide bonds. The SMILES string of the molecule is Cc1cc(Cl)ccc1OC(C)C(=O)Nc1ccccc1N1CCN(C)CC1. The second-order valence-electron chi connectivity index (χ2n) is 6.97. The first-order valence-electron chi connectivity index (χ1n) is 9.20. The number of carbonyl (C=O) groups is 1. The van der Waals surface area contributed by atoms with Crippen molar-refractivity contribution in [2.24, 2.45) is 0 Å². The third kappa shape index (κ3) is 4.93. The average Bonchev–Trinajstić information content (AvgIpc) is 2.65. The zero-order valence-electron chi connectivity index (χ0n) is 16.0. The van der Waals surface area contributed by atoms with Gasteiger partial charge < -0.3 is 19.9 Å². The first kappa shape index (κ1) is 19.5. The standard InChI is InChI=1S/C21H26ClN3O2/c1-15-14-17(22)8-9-20(15)27-16(2)21(26)23-18-6-4-5-7-19(18)25-12-10-24(3)11-13-25/h4-9,14,16H,10-13H2,1-3H3,(H,23,26). The molecule has 1 saturated heterocycles. The van der Waals surface area contributed by atoms with Crippen LogP contribution in [0.1, 0.15) is 12.5 Å². The molecular weight excluding hydrogens is 362 g/mol. The van der Waals surface area contributed by atoms with Gasteiger partial charge in [-0.25, -0.2) is 0 Å². The van der Waals surface area contributed by atoms with Gasteiger partial charge >= 0.3 is 0 Å². The third-order valence-corrected chi connectivity index (χ3v) is 5.05. The Kier molecular flexibility index (Phi) is 6.24. The van der Waals surface area contributed by atoms with Gasteiger partial charge in [0.05, 0.1) is 11.4 Å². The van der Waals surface area contributed by atoms with Crippen LogP contribution in [0.3, 0.4) is 0 Å². The van der Waals surface area contributed by atoms with Gasteiger partial charge in [-0.15, -0.1) is 0 Å². The topological polar surface area (TPSA) is 44.8 Å². The molecule has 0 saturated carbocycles. The van der Waals surface area contributed by atoms with Crippen LogP contribution in [0.5, 0.6) is 5.75 Å². The van der Waals surface area contributed by atoms with E-state index in [0.29, 0.717) is 10.8 Å². The lowest BCUT2D eigenvalue weighted by molar-refractivity contribution is -0.122. The van der Waals surface area contributed by atoms with Crippen molar-refractivity contribution in [3.05, 3.63) is 53.1 Å². The number of hydrogen-bond acceptors (Lipinski definition) is 4. The van der Waals surface area contributed by atoms with Crippen LogP contribution in [0.25, 0.3) is 0 Å². The van der Waals surface area contributed by atoms with E-state index >= 15 is 0 Å². The number of rotatable bonds is 5. The highest BCUT2D eigenvalue weighted by Gasteiger charge is 2.20. The van der Waals surface area contributed by atoms with E-state index in [1.165, 1.54) is 0 Å². The van der Waals surface area contributed by atoms with Crippen molar-refractivity contribution in [1.82, 2.24) is 4.90 Å². The highest BCUT2D eigenvalue weighted by atomic mass is 35.5. The molecule has 1 N–H and O–H groups in total. The minimum atomic E-state index is -0.620. The Hall–Kier alpha value is -2.24. The first-order chi connectivity index (χ1) is 12.9. The van der Waals surface area contributed by atoms with Gasteiger partial charge in [0, 0.05) is 31.2 Å². The molecule has 6 heteroatoms. The molecule has 1 atom stereocenters. The van der Waals surface area contributed by atoms with Crippen LogP contribution < -0.4 is 15.0 Å². The van der Waals surface area contributed by atoms with Crippen LogP contribution in [-0.4, -0.2) is 50.1 Å². The van der Waals surface area contributed by atoms with E-state index in [4.69, 9.17) is 16.3 Å². The second kappa shape index (κ2) is 8.63. The highest BCUT2D eigenvalue weighted by Crippen LogP contribution is 2.27. The van der Waals surface area contributed by atoms with Gasteiger partial charge in [0.1, 0.15) is 5.75 Å². The van der Waals surface area contributed by atoms with E-state index in [9.17, 15) is 4.79 Å². The highest BCUT2D eigenvalue weighted by molar-refractivity contribution is 6.30. The van der Waals surface area contributed by atoms with Gasteiger partial charge in [-0.1, -0.05) is 23.7 Å². The number of likely N-dealkylation sites (N-methyl/N-ethyl adjacent to an activating group) is 1. The third-order valence-electron chi connectivity index (χ3n) is 4.82. The molecule has 27 heavy (non-hydrogen) atoms. The lowest BCUT2D eigenvalue weighted by Crippen LogP contribution is -2.44. The molecular formula is C21H26ClN3O2. The first-order valence-corrected chi connectivity index (χ1v) is 9.58. The Morgan fingerprint density at radius 3 is 2.56 bits per heavy atom. The summed E-state index contributed by atoms with van der Waals surface area (Å²) in [5.74, 6) is 0.486. The molecule has 0 aliphatic carbocycles. The van der Waals surface area contributed by atoms with E-state index in [-0.39, 0.29) is 5.91 Å². The van der Waals surface area contributed by atoms with E-state index in [0.717, 1.165) is 43.1 Å². The van der Waals surface area contributed by atoms with Crippen LogP contribution in [0.15, 0.2) is 42.5 Å². The number of halogens is 1. The summed E-state index contributed by atoms with van der Waals surface area (Å²) in [6, 6.07) is 13.3. The summed E-state index contributed by atoms with van der Waals surface area (Å²) in [4.78, 5) is 17.3. The van der Waals surface area contributed by atoms with Crippen molar-refractivity contribution in [2.75, 3.05) is 43.4 Å². The van der Waals surface area contributed by atoms with Crippen molar-refractivity contribution in [3.8, 4) is 5.75 Å². The summed E-state index contributed by atoms with van der Waals surface area (Å²) in [7, 11) is 2.13. The number of carbonyl (C=O) groups excluding carboxylic acids is 1. The van der Waals surface area contributed by atoms with Gasteiger partial charge in [0.2, 0.25) is 0 Å². The monoisotopic (exact) mass is 387 g/mol. The van der Waals surface area contributed by atoms with E-state index in [1.807, 2.05) is 31.2 Å². The van der Waals surface area contributed by atoms with Crippen molar-refractivity contribution >= 4 is 28.9 Å². The fourth-order valence-electron chi connectivity index (χ4n) is 3.13. The number of amides is 1. The van der Waals surface area contributed by atoms with Crippen LogP contribution in [0.4, 0.5) is 11.4 Å². The summed E-state index contributed by atoms with van der Waals surface area (Å²) in [6.45, 7) is 7.57. The Labute approximate surface area is 165 Å². The summed E-state index contributed by atoms with van der Waals surface area (Å²) in [6.07, 6.45) is -0.620. The number of benzene rings is 2. The molecule has 0 bridgehead atoms. The van der Waals surface area contributed by atoms with Crippen LogP contribution >= 0.6 is 11.6 Å². The van der Waals surface area contributed by atoms with Gasteiger partial charge in [-0.3, -0.25) is 4.79 Å². The molecule has 144 valence electrons. The lowest BCUT2D eigenvalue weighted by atomic mass is 10.2.